The summed E-state index contributed by atoms with van der Waals surface area (Å²) >= 11 is 0. The molecule has 0 saturated heterocycles. The van der Waals surface area contributed by atoms with Gasteiger partial charge in [0.15, 0.2) is 0 Å². The SMILES string of the molecule is NCCCCOS(=O)(=O)[O-].[H+]. The van der Waals surface area contributed by atoms with Gasteiger partial charge < -0.3 is 10.3 Å². The molecule has 0 amide bonds. The molecule has 5 nitrogen and oxygen atoms in total. The number of nitrogens with two attached hydrogens (primary N) is 1. The molecule has 62 valence electrons. The van der Waals surface area contributed by atoms with Crippen molar-refractivity contribution in [1.29, 1.82) is 0 Å². The van der Waals surface area contributed by atoms with Crippen molar-refractivity contribution in [3.63, 3.8) is 0 Å². The smallest absolute Gasteiger partial charge is 0.726 e. The van der Waals surface area contributed by atoms with Crippen LogP contribution >= 0.6 is 0 Å². The van der Waals surface area contributed by atoms with Gasteiger partial charge in [0.2, 0.25) is 10.4 Å². The molecular weight excluding hydrogens is 158 g/mol. The molecule has 6 heteroatoms. The van der Waals surface area contributed by atoms with E-state index in [1.165, 1.54) is 0 Å². The van der Waals surface area contributed by atoms with Crippen molar-refractivity contribution in [3.8, 4) is 0 Å². The molecule has 0 rings (SSSR count). The summed E-state index contributed by atoms with van der Waals surface area (Å²) in [6.07, 6.45) is 1.16. The summed E-state index contributed by atoms with van der Waals surface area (Å²) < 4.78 is 33.2. The fraction of sp³-hybridized carbons (Fsp3) is 1.00. The minimum Gasteiger partial charge on any atom is -0.726 e. The summed E-state index contributed by atoms with van der Waals surface area (Å²) in [7, 11) is -4.50. The third-order valence-electron chi connectivity index (χ3n) is 0.826. The van der Waals surface area contributed by atoms with Crippen molar-refractivity contribution >= 4 is 10.4 Å². The van der Waals surface area contributed by atoms with E-state index in [1.54, 1.807) is 0 Å². The first kappa shape index (κ1) is 9.83. The van der Waals surface area contributed by atoms with E-state index in [4.69, 9.17) is 5.73 Å². The summed E-state index contributed by atoms with van der Waals surface area (Å²) in [5.41, 5.74) is 5.10. The highest BCUT2D eigenvalue weighted by molar-refractivity contribution is 7.80. The van der Waals surface area contributed by atoms with E-state index in [2.05, 4.69) is 4.18 Å². The van der Waals surface area contributed by atoms with Crippen molar-refractivity contribution < 1.29 is 18.6 Å². The van der Waals surface area contributed by atoms with E-state index in [1.807, 2.05) is 0 Å². The van der Waals surface area contributed by atoms with Crippen LogP contribution < -0.4 is 5.73 Å². The van der Waals surface area contributed by atoms with E-state index in [0.717, 1.165) is 0 Å². The summed E-state index contributed by atoms with van der Waals surface area (Å²) in [5.74, 6) is 0. The standard InChI is InChI=1S/C4H11NO4S/c5-3-1-2-4-9-10(6,7)8/h1-5H2,(H,6,7,8). The van der Waals surface area contributed by atoms with Gasteiger partial charge in [-0.3, -0.25) is 4.18 Å². The second-order valence-electron chi connectivity index (χ2n) is 1.73. The van der Waals surface area contributed by atoms with Crippen LogP contribution in [0.25, 0.3) is 0 Å². The topological polar surface area (TPSA) is 92.5 Å². The maximum Gasteiger partial charge on any atom is 1.00 e. The van der Waals surface area contributed by atoms with Crippen LogP contribution in [0.15, 0.2) is 0 Å². The lowest BCUT2D eigenvalue weighted by molar-refractivity contribution is 0.256. The third kappa shape index (κ3) is 7.83. The summed E-state index contributed by atoms with van der Waals surface area (Å²) in [6.45, 7) is 0.408. The van der Waals surface area contributed by atoms with Crippen LogP contribution in [0.1, 0.15) is 14.3 Å². The molecule has 0 atom stereocenters. The van der Waals surface area contributed by atoms with Gasteiger partial charge in [0.05, 0.1) is 6.61 Å². The molecule has 0 radical (unpaired) electrons. The second-order valence-corrected chi connectivity index (χ2v) is 2.78. The first-order valence-electron chi connectivity index (χ1n) is 2.86. The predicted molar refractivity (Wildman–Crippen MR) is 35.0 cm³/mol. The molecule has 0 spiro atoms. The van der Waals surface area contributed by atoms with Crippen LogP contribution in [0.3, 0.4) is 0 Å². The Balaban J connectivity index is 0. The van der Waals surface area contributed by atoms with Gasteiger partial charge in [-0.15, -0.1) is 0 Å². The Kier molecular flexibility index (Phi) is 4.54. The molecule has 10 heavy (non-hydrogen) atoms. The van der Waals surface area contributed by atoms with E-state index in [-0.39, 0.29) is 8.03 Å². The molecule has 0 aromatic heterocycles. The van der Waals surface area contributed by atoms with Crippen molar-refractivity contribution in [2.75, 3.05) is 13.2 Å². The molecule has 0 fully saturated rings. The van der Waals surface area contributed by atoms with Crippen molar-refractivity contribution in [2.45, 2.75) is 12.8 Å². The lowest BCUT2D eigenvalue weighted by Gasteiger charge is -2.05. The Morgan fingerprint density at radius 2 is 2.10 bits per heavy atom. The highest BCUT2D eigenvalue weighted by Gasteiger charge is 1.92. The number of rotatable bonds is 5. The fourth-order valence-corrected chi connectivity index (χ4v) is 0.729. The van der Waals surface area contributed by atoms with Gasteiger partial charge in [-0.1, -0.05) is 0 Å². The molecular formula is C4H11NO4S. The Hall–Kier alpha value is -0.170. The van der Waals surface area contributed by atoms with Crippen LogP contribution in [0.5, 0.6) is 0 Å². The zero-order chi connectivity index (χ0) is 8.04. The highest BCUT2D eigenvalue weighted by Crippen LogP contribution is 1.91. The third-order valence-corrected chi connectivity index (χ3v) is 1.28. The zero-order valence-corrected chi connectivity index (χ0v) is 6.26. The van der Waals surface area contributed by atoms with E-state index < -0.39 is 10.4 Å². The van der Waals surface area contributed by atoms with Gasteiger partial charge in [-0.25, -0.2) is 8.42 Å². The van der Waals surface area contributed by atoms with Crippen molar-refractivity contribution in [3.05, 3.63) is 0 Å². The van der Waals surface area contributed by atoms with Gasteiger partial charge in [-0.05, 0) is 19.4 Å². The Morgan fingerprint density at radius 1 is 1.50 bits per heavy atom. The Labute approximate surface area is 61.6 Å². The molecule has 2 N–H and O–H groups in total. The van der Waals surface area contributed by atoms with E-state index in [0.29, 0.717) is 19.4 Å². The summed E-state index contributed by atoms with van der Waals surface area (Å²) in [4.78, 5) is 0. The van der Waals surface area contributed by atoms with Crippen molar-refractivity contribution in [1.82, 2.24) is 0 Å². The van der Waals surface area contributed by atoms with Crippen molar-refractivity contribution in [2.24, 2.45) is 5.73 Å². The van der Waals surface area contributed by atoms with Crippen LogP contribution in [-0.4, -0.2) is 26.1 Å². The molecule has 0 aliphatic carbocycles. The minimum absolute atomic E-state index is 0. The van der Waals surface area contributed by atoms with Crippen LogP contribution in [0, 0.1) is 0 Å². The first-order chi connectivity index (χ1) is 4.56. The number of hydrogen-bond donors (Lipinski definition) is 1. The van der Waals surface area contributed by atoms with Crippen LogP contribution in [-0.2, 0) is 14.6 Å². The fourth-order valence-electron chi connectivity index (χ4n) is 0.407. The zero-order valence-electron chi connectivity index (χ0n) is 6.45. The minimum atomic E-state index is -4.50. The largest absolute Gasteiger partial charge is 1.00 e. The van der Waals surface area contributed by atoms with E-state index in [9.17, 15) is 13.0 Å². The van der Waals surface area contributed by atoms with Crippen LogP contribution in [0.4, 0.5) is 0 Å². The molecule has 0 bridgehead atoms. The average molecular weight is 169 g/mol. The quantitative estimate of drug-likeness (QED) is 0.334. The Bertz CT molecular complexity index is 169. The molecule has 0 aromatic carbocycles. The molecule has 0 aliphatic rings. The molecule has 0 unspecified atom stereocenters. The van der Waals surface area contributed by atoms with Gasteiger partial charge in [0, 0.05) is 0 Å². The normalized spacial score (nSPS) is 11.8. The monoisotopic (exact) mass is 169 g/mol. The van der Waals surface area contributed by atoms with Gasteiger partial charge in [-0.2, -0.15) is 0 Å². The molecule has 0 saturated carbocycles. The molecule has 0 aromatic rings. The lowest BCUT2D eigenvalue weighted by atomic mass is 10.3. The lowest BCUT2D eigenvalue weighted by Crippen LogP contribution is -2.07. The molecule has 0 aliphatic heterocycles. The summed E-state index contributed by atoms with van der Waals surface area (Å²) in [5, 5.41) is 0. The van der Waals surface area contributed by atoms with Gasteiger partial charge >= 0.3 is 1.43 Å². The van der Waals surface area contributed by atoms with Crippen LogP contribution in [0.2, 0.25) is 0 Å². The summed E-state index contributed by atoms with van der Waals surface area (Å²) in [6, 6.07) is 0. The second kappa shape index (κ2) is 4.62. The van der Waals surface area contributed by atoms with E-state index >= 15 is 0 Å². The highest BCUT2D eigenvalue weighted by atomic mass is 32.3. The van der Waals surface area contributed by atoms with Gasteiger partial charge in [0.1, 0.15) is 0 Å². The number of unbranched alkanes of at least 4 members (excludes halogenated alkanes) is 1. The predicted octanol–water partition coefficient (Wildman–Crippen LogP) is -0.685. The Morgan fingerprint density at radius 3 is 2.50 bits per heavy atom. The molecule has 0 heterocycles. The first-order valence-corrected chi connectivity index (χ1v) is 4.20. The van der Waals surface area contributed by atoms with Gasteiger partial charge in [0.25, 0.3) is 0 Å². The maximum absolute atomic E-state index is 9.79. The number of hydrogen-bond acceptors (Lipinski definition) is 5. The average Bonchev–Trinajstić information content (AvgIpc) is 1.78. The maximum atomic E-state index is 9.79.